The third-order valence-corrected chi connectivity index (χ3v) is 5.28. The van der Waals surface area contributed by atoms with Gasteiger partial charge in [-0.1, -0.05) is 5.11 Å². The first-order valence-corrected chi connectivity index (χ1v) is 12.5. The summed E-state index contributed by atoms with van der Waals surface area (Å²) < 4.78 is 56.3. The van der Waals surface area contributed by atoms with Gasteiger partial charge in [-0.3, -0.25) is 14.1 Å². The predicted molar refractivity (Wildman–Crippen MR) is 127 cm³/mol. The molecule has 1 aromatic rings. The number of nitrogens with zero attached hydrogens (tertiary/aromatic N) is 3. The van der Waals surface area contributed by atoms with Crippen LogP contribution in [0.5, 0.6) is 5.75 Å². The molecule has 1 aliphatic heterocycles. The van der Waals surface area contributed by atoms with Gasteiger partial charge in [0.25, 0.3) is 0 Å². The first-order valence-electron chi connectivity index (χ1n) is 11.1. The Labute approximate surface area is 217 Å². The zero-order valence-electron chi connectivity index (χ0n) is 20.2. The Balaban J connectivity index is 1.91. The number of carbonyl (C=O) groups is 2. The van der Waals surface area contributed by atoms with Crippen molar-refractivity contribution in [1.82, 2.24) is 5.32 Å². The number of aliphatic hydroxyl groups is 2. The average Bonchev–Trinajstić information content (AvgIpc) is 2.85. The summed E-state index contributed by atoms with van der Waals surface area (Å²) in [5, 5.41) is 29.0. The minimum Gasteiger partial charge on any atom is -0.463 e. The lowest BCUT2D eigenvalue weighted by Gasteiger charge is -2.42. The second-order valence-corrected chi connectivity index (χ2v) is 8.86. The molecule has 1 aliphatic rings. The van der Waals surface area contributed by atoms with Gasteiger partial charge in [0, 0.05) is 24.1 Å². The number of aliphatic hydroxyl groups excluding tert-OH is 2. The van der Waals surface area contributed by atoms with Gasteiger partial charge in [-0.05, 0) is 29.8 Å². The van der Waals surface area contributed by atoms with Crippen LogP contribution in [-0.2, 0) is 38.4 Å². The van der Waals surface area contributed by atoms with E-state index in [2.05, 4.69) is 24.8 Å². The maximum Gasteiger partial charge on any atom is 0.397 e. The topological polar surface area (TPSA) is 248 Å². The van der Waals surface area contributed by atoms with Crippen LogP contribution >= 0.6 is 0 Å². The highest BCUT2D eigenvalue weighted by atomic mass is 32.3. The van der Waals surface area contributed by atoms with E-state index in [-0.39, 0.29) is 38.7 Å². The van der Waals surface area contributed by atoms with Crippen molar-refractivity contribution in [2.45, 2.75) is 37.6 Å². The summed E-state index contributed by atoms with van der Waals surface area (Å²) in [7, 11) is -4.85. The second kappa shape index (κ2) is 15.4. The Morgan fingerprint density at radius 2 is 1.82 bits per heavy atom. The van der Waals surface area contributed by atoms with E-state index in [4.69, 9.17) is 29.0 Å². The van der Waals surface area contributed by atoms with Gasteiger partial charge >= 0.3 is 10.4 Å². The summed E-state index contributed by atoms with van der Waals surface area (Å²) in [4.78, 5) is 26.2. The fraction of sp³-hybridized carbons (Fsp3) is 0.600. The number of carbonyl (C=O) groups excluding carboxylic acids is 2. The minimum absolute atomic E-state index is 0.157. The van der Waals surface area contributed by atoms with Gasteiger partial charge in [0.1, 0.15) is 36.7 Å². The van der Waals surface area contributed by atoms with Crippen molar-refractivity contribution in [3.05, 3.63) is 34.7 Å². The zero-order valence-corrected chi connectivity index (χ0v) is 21.0. The van der Waals surface area contributed by atoms with E-state index in [1.165, 1.54) is 31.2 Å². The van der Waals surface area contributed by atoms with Crippen molar-refractivity contribution < 1.29 is 55.9 Å². The summed E-state index contributed by atoms with van der Waals surface area (Å²) in [5.74, 6) is -0.825. The molecule has 2 amide bonds. The third-order valence-electron chi connectivity index (χ3n) is 4.85. The Morgan fingerprint density at radius 1 is 1.13 bits per heavy atom. The molecule has 17 nitrogen and oxygen atoms in total. The van der Waals surface area contributed by atoms with Crippen LogP contribution in [0.25, 0.3) is 10.4 Å². The molecule has 212 valence electrons. The third kappa shape index (κ3) is 11.1. The SMILES string of the molecule is CC(=O)N[C@H]1[C@H](Oc2ccc(NC(=O)COCCOCCN=[N+]=[N-])cc2)O[C@H](COS(=O)(=O)O)[C@@H](O)[C@@H]1O. The highest BCUT2D eigenvalue weighted by Crippen LogP contribution is 2.26. The zero-order chi connectivity index (χ0) is 28.1. The fourth-order valence-corrected chi connectivity index (χ4v) is 3.50. The van der Waals surface area contributed by atoms with Gasteiger partial charge in [0.15, 0.2) is 0 Å². The Hall–Kier alpha value is -3.06. The standard InChI is InChI=1S/C20H29N5O12S/c1-12(26)23-17-19(29)18(28)15(10-35-38(30,31)32)37-20(17)36-14-4-2-13(3-5-14)24-16(27)11-34-9-8-33-7-6-22-25-21/h2-5,15,17-20,28-29H,6-11H2,1H3,(H,23,26)(H,24,27)(H,30,31,32)/t15-,17-,18-,19-,20-/m1/s1. The fourth-order valence-electron chi connectivity index (χ4n) is 3.19. The number of amides is 2. The Bertz CT molecular complexity index is 1070. The van der Waals surface area contributed by atoms with Crippen LogP contribution in [0.1, 0.15) is 6.92 Å². The molecule has 5 atom stereocenters. The molecule has 0 aliphatic carbocycles. The lowest BCUT2D eigenvalue weighted by atomic mass is 9.97. The molecule has 0 unspecified atom stereocenters. The molecule has 1 aromatic carbocycles. The molecule has 0 saturated carbocycles. The van der Waals surface area contributed by atoms with Crippen molar-refractivity contribution in [3.63, 3.8) is 0 Å². The van der Waals surface area contributed by atoms with Gasteiger partial charge in [0.05, 0.1) is 26.4 Å². The molecule has 0 radical (unpaired) electrons. The quantitative estimate of drug-likeness (QED) is 0.0574. The van der Waals surface area contributed by atoms with Gasteiger partial charge < -0.3 is 39.8 Å². The van der Waals surface area contributed by atoms with E-state index in [0.29, 0.717) is 5.69 Å². The largest absolute Gasteiger partial charge is 0.463 e. The number of rotatable bonds is 15. The molecule has 2 rings (SSSR count). The van der Waals surface area contributed by atoms with E-state index in [1.807, 2.05) is 0 Å². The van der Waals surface area contributed by atoms with E-state index < -0.39 is 59.5 Å². The molecule has 5 N–H and O–H groups in total. The normalized spacial score (nSPS) is 23.2. The number of anilines is 1. The van der Waals surface area contributed by atoms with Crippen molar-refractivity contribution in [1.29, 1.82) is 0 Å². The van der Waals surface area contributed by atoms with Gasteiger partial charge in [-0.25, -0.2) is 4.18 Å². The van der Waals surface area contributed by atoms with Crippen LogP contribution < -0.4 is 15.4 Å². The highest BCUT2D eigenvalue weighted by molar-refractivity contribution is 7.80. The molecule has 1 saturated heterocycles. The second-order valence-electron chi connectivity index (χ2n) is 7.77. The minimum atomic E-state index is -4.85. The number of hydrogen-bond donors (Lipinski definition) is 5. The molecule has 1 heterocycles. The summed E-state index contributed by atoms with van der Waals surface area (Å²) >= 11 is 0. The maximum atomic E-state index is 12.0. The van der Waals surface area contributed by atoms with E-state index >= 15 is 0 Å². The van der Waals surface area contributed by atoms with Gasteiger partial charge in [-0.2, -0.15) is 8.42 Å². The summed E-state index contributed by atoms with van der Waals surface area (Å²) in [5.41, 5.74) is 8.54. The number of nitrogens with one attached hydrogen (secondary N) is 2. The van der Waals surface area contributed by atoms with Crippen molar-refractivity contribution in [2.24, 2.45) is 5.11 Å². The maximum absolute atomic E-state index is 12.0. The number of azide groups is 1. The predicted octanol–water partition coefficient (Wildman–Crippen LogP) is -0.882. The van der Waals surface area contributed by atoms with Crippen LogP contribution in [0.4, 0.5) is 5.69 Å². The lowest BCUT2D eigenvalue weighted by Crippen LogP contribution is -2.65. The van der Waals surface area contributed by atoms with Gasteiger partial charge in [-0.15, -0.1) is 0 Å². The van der Waals surface area contributed by atoms with Crippen LogP contribution in [0.15, 0.2) is 29.4 Å². The smallest absolute Gasteiger partial charge is 0.397 e. The summed E-state index contributed by atoms with van der Waals surface area (Å²) in [6.45, 7) is 0.914. The van der Waals surface area contributed by atoms with E-state index in [0.717, 1.165) is 0 Å². The number of ether oxygens (including phenoxy) is 4. The molecule has 0 aromatic heterocycles. The van der Waals surface area contributed by atoms with Crippen molar-refractivity contribution in [2.75, 3.05) is 44.9 Å². The van der Waals surface area contributed by atoms with Crippen molar-refractivity contribution in [3.8, 4) is 5.75 Å². The van der Waals surface area contributed by atoms with Gasteiger partial charge in [0.2, 0.25) is 18.1 Å². The Morgan fingerprint density at radius 3 is 2.45 bits per heavy atom. The average molecular weight is 564 g/mol. The molecule has 18 heteroatoms. The van der Waals surface area contributed by atoms with Crippen LogP contribution in [0.2, 0.25) is 0 Å². The van der Waals surface area contributed by atoms with Crippen LogP contribution in [0, 0.1) is 0 Å². The first-order chi connectivity index (χ1) is 18.0. The summed E-state index contributed by atoms with van der Waals surface area (Å²) in [6.07, 6.45) is -6.15. The highest BCUT2D eigenvalue weighted by Gasteiger charge is 2.46. The number of benzene rings is 1. The summed E-state index contributed by atoms with van der Waals surface area (Å²) in [6, 6.07) is 4.63. The first kappa shape index (κ1) is 31.2. The molecule has 1 fully saturated rings. The lowest BCUT2D eigenvalue weighted by molar-refractivity contribution is -0.242. The molecule has 0 spiro atoms. The molecule has 38 heavy (non-hydrogen) atoms. The Kier molecular flexibility index (Phi) is 12.6. The number of hydrogen-bond acceptors (Lipinski definition) is 12. The molecular formula is C20H29N5O12S. The van der Waals surface area contributed by atoms with Crippen molar-refractivity contribution >= 4 is 27.9 Å². The van der Waals surface area contributed by atoms with Crippen LogP contribution in [0.3, 0.4) is 0 Å². The monoisotopic (exact) mass is 563 g/mol. The molecule has 0 bridgehead atoms. The van der Waals surface area contributed by atoms with Crippen LogP contribution in [-0.4, -0.2) is 105 Å². The van der Waals surface area contributed by atoms with E-state index in [1.54, 1.807) is 0 Å². The van der Waals surface area contributed by atoms with E-state index in [9.17, 15) is 28.2 Å². The molecular weight excluding hydrogens is 534 g/mol.